The van der Waals surface area contributed by atoms with Crippen LogP contribution in [0, 0.1) is 0 Å². The van der Waals surface area contributed by atoms with Gasteiger partial charge in [-0.1, -0.05) is 49.6 Å². The van der Waals surface area contributed by atoms with Crippen LogP contribution in [0.5, 0.6) is 11.5 Å². The van der Waals surface area contributed by atoms with Crippen LogP contribution in [0.15, 0.2) is 90.9 Å². The van der Waals surface area contributed by atoms with Gasteiger partial charge in [0.25, 0.3) is 0 Å². The van der Waals surface area contributed by atoms with Crippen molar-refractivity contribution in [1.82, 2.24) is 0 Å². The normalized spacial score (nSPS) is 13.3. The Balaban J connectivity index is 1.90. The Bertz CT molecular complexity index is 1020. The van der Waals surface area contributed by atoms with Crippen molar-refractivity contribution in [3.8, 4) is 22.6 Å². The van der Waals surface area contributed by atoms with Crippen molar-refractivity contribution in [3.63, 3.8) is 0 Å². The zero-order valence-electron chi connectivity index (χ0n) is 16.9. The van der Waals surface area contributed by atoms with Gasteiger partial charge in [-0.05, 0) is 59.3 Å². The highest BCUT2D eigenvalue weighted by Crippen LogP contribution is 2.52. The maximum absolute atomic E-state index is 12.2. The summed E-state index contributed by atoms with van der Waals surface area (Å²) in [5.74, 6) is 1.40. The molecule has 4 heteroatoms. The van der Waals surface area contributed by atoms with Gasteiger partial charge in [0.15, 0.2) is 0 Å². The van der Waals surface area contributed by atoms with E-state index in [1.54, 1.807) is 23.9 Å². The average Bonchev–Trinajstić information content (AvgIpc) is 3.05. The highest BCUT2D eigenvalue weighted by molar-refractivity contribution is 7.98. The summed E-state index contributed by atoms with van der Waals surface area (Å²) >= 11 is 1.67. The Morgan fingerprint density at radius 2 is 1.33 bits per heavy atom. The van der Waals surface area contributed by atoms with Crippen LogP contribution in [0.25, 0.3) is 11.1 Å². The number of thioether (sulfide) groups is 1. The molecule has 0 aliphatic heterocycles. The highest BCUT2D eigenvalue weighted by atomic mass is 32.2. The second kappa shape index (κ2) is 8.42. The Kier molecular flexibility index (Phi) is 5.71. The zero-order valence-corrected chi connectivity index (χ0v) is 17.7. The van der Waals surface area contributed by atoms with Gasteiger partial charge in [0.2, 0.25) is 0 Å². The van der Waals surface area contributed by atoms with Crippen LogP contribution in [0.3, 0.4) is 0 Å². The molecule has 0 saturated heterocycles. The lowest BCUT2D eigenvalue weighted by molar-refractivity contribution is 0.130. The number of ether oxygens (including phenoxy) is 2. The highest BCUT2D eigenvalue weighted by Gasteiger charge is 2.43. The minimum atomic E-state index is -1.30. The molecule has 1 N–H and O–H groups in total. The van der Waals surface area contributed by atoms with Crippen LogP contribution in [0.4, 0.5) is 0 Å². The number of hydrogen-bond donors (Lipinski definition) is 1. The topological polar surface area (TPSA) is 38.7 Å². The molecule has 152 valence electrons. The fraction of sp³-hybridized carbons (Fsp3) is 0.154. The first-order chi connectivity index (χ1) is 14.6. The summed E-state index contributed by atoms with van der Waals surface area (Å²) < 4.78 is 11.5. The fourth-order valence-corrected chi connectivity index (χ4v) is 4.30. The van der Waals surface area contributed by atoms with Gasteiger partial charge >= 0.3 is 0 Å². The second-order valence-electron chi connectivity index (χ2n) is 7.05. The minimum Gasteiger partial charge on any atom is -0.490 e. The largest absolute Gasteiger partial charge is 0.490 e. The third kappa shape index (κ3) is 3.42. The number of rotatable bonds is 8. The average molecular weight is 417 g/mol. The lowest BCUT2D eigenvalue weighted by Crippen LogP contribution is -2.26. The molecule has 3 nitrogen and oxygen atoms in total. The van der Waals surface area contributed by atoms with E-state index in [1.807, 2.05) is 66.9 Å². The Morgan fingerprint density at radius 1 is 0.833 bits per heavy atom. The van der Waals surface area contributed by atoms with E-state index in [2.05, 4.69) is 13.2 Å². The van der Waals surface area contributed by atoms with Crippen molar-refractivity contribution in [2.24, 2.45) is 0 Å². The van der Waals surface area contributed by atoms with Gasteiger partial charge in [-0.2, -0.15) is 0 Å². The lowest BCUT2D eigenvalue weighted by Gasteiger charge is -2.27. The van der Waals surface area contributed by atoms with Gasteiger partial charge in [0.05, 0.1) is 0 Å². The van der Waals surface area contributed by atoms with Crippen molar-refractivity contribution in [1.29, 1.82) is 0 Å². The molecule has 0 unspecified atom stereocenters. The molecule has 3 aromatic carbocycles. The van der Waals surface area contributed by atoms with E-state index in [0.29, 0.717) is 24.7 Å². The maximum Gasteiger partial charge on any atom is 0.142 e. The van der Waals surface area contributed by atoms with Crippen LogP contribution in [-0.2, 0) is 5.60 Å². The Morgan fingerprint density at radius 3 is 1.77 bits per heavy atom. The monoisotopic (exact) mass is 416 g/mol. The molecule has 4 rings (SSSR count). The van der Waals surface area contributed by atoms with Gasteiger partial charge in [-0.15, -0.1) is 11.8 Å². The maximum atomic E-state index is 12.2. The molecule has 1 aliphatic rings. The van der Waals surface area contributed by atoms with Crippen molar-refractivity contribution in [3.05, 3.63) is 103 Å². The smallest absolute Gasteiger partial charge is 0.142 e. The Labute approximate surface area is 181 Å². The van der Waals surface area contributed by atoms with Gasteiger partial charge in [0.1, 0.15) is 30.3 Å². The molecular formula is C26H24O3S. The molecule has 0 saturated carbocycles. The molecule has 0 atom stereocenters. The van der Waals surface area contributed by atoms with Crippen LogP contribution in [0.2, 0.25) is 0 Å². The fourth-order valence-electron chi connectivity index (χ4n) is 3.89. The predicted octanol–water partition coefficient (Wildman–Crippen LogP) is 5.80. The van der Waals surface area contributed by atoms with Crippen molar-refractivity contribution in [2.45, 2.75) is 10.5 Å². The second-order valence-corrected chi connectivity index (χ2v) is 7.93. The van der Waals surface area contributed by atoms with Gasteiger partial charge in [-0.25, -0.2) is 0 Å². The molecule has 3 aromatic rings. The third-order valence-electron chi connectivity index (χ3n) is 5.30. The first kappa shape index (κ1) is 20.3. The summed E-state index contributed by atoms with van der Waals surface area (Å²) in [6.45, 7) is 8.24. The van der Waals surface area contributed by atoms with E-state index in [1.165, 1.54) is 0 Å². The van der Waals surface area contributed by atoms with E-state index >= 15 is 0 Å². The molecular weight excluding hydrogens is 392 g/mol. The number of fused-ring (bicyclic) bond motifs is 3. The summed E-state index contributed by atoms with van der Waals surface area (Å²) in [7, 11) is 0. The van der Waals surface area contributed by atoms with E-state index in [0.717, 1.165) is 32.7 Å². The van der Waals surface area contributed by atoms with Crippen molar-refractivity contribution in [2.75, 3.05) is 19.5 Å². The minimum absolute atomic E-state index is 0.409. The number of aliphatic hydroxyl groups is 1. The van der Waals surface area contributed by atoms with E-state index in [-0.39, 0.29) is 0 Å². The SMILES string of the molecule is C=CCOc1ccc2c(c1)C(O)(c1ccc(SC)cc1)c1cc(OCC=C)ccc1-2. The van der Waals surface area contributed by atoms with Gasteiger partial charge < -0.3 is 14.6 Å². The van der Waals surface area contributed by atoms with Crippen LogP contribution < -0.4 is 9.47 Å². The molecule has 0 heterocycles. The summed E-state index contributed by atoms with van der Waals surface area (Å²) in [6.07, 6.45) is 5.45. The zero-order chi connectivity index (χ0) is 21.1. The molecule has 0 aromatic heterocycles. The summed E-state index contributed by atoms with van der Waals surface area (Å²) in [5.41, 5.74) is 3.09. The predicted molar refractivity (Wildman–Crippen MR) is 124 cm³/mol. The number of hydrogen-bond acceptors (Lipinski definition) is 4. The van der Waals surface area contributed by atoms with Crippen LogP contribution in [-0.4, -0.2) is 24.6 Å². The van der Waals surface area contributed by atoms with Crippen molar-refractivity contribution < 1.29 is 14.6 Å². The molecule has 0 bridgehead atoms. The van der Waals surface area contributed by atoms with Crippen molar-refractivity contribution >= 4 is 11.8 Å². The van der Waals surface area contributed by atoms with E-state index in [9.17, 15) is 5.11 Å². The lowest BCUT2D eigenvalue weighted by atomic mass is 9.84. The standard InChI is InChI=1S/C26H24O3S/c1-4-14-28-19-8-12-22-23-13-9-20(29-15-5-2)17-25(23)26(27,24(22)16-19)18-6-10-21(30-3)11-7-18/h4-13,16-17,27H,1-2,14-15H2,3H3. The van der Waals surface area contributed by atoms with E-state index in [4.69, 9.17) is 9.47 Å². The van der Waals surface area contributed by atoms with E-state index < -0.39 is 5.60 Å². The quantitative estimate of drug-likeness (QED) is 0.372. The first-order valence-corrected chi connectivity index (χ1v) is 11.0. The molecule has 0 amide bonds. The Hall–Kier alpha value is -2.95. The molecule has 0 fully saturated rings. The summed E-state index contributed by atoms with van der Waals surface area (Å²) in [5, 5.41) is 12.2. The van der Waals surface area contributed by atoms with Crippen LogP contribution >= 0.6 is 11.8 Å². The molecule has 0 spiro atoms. The molecule has 1 aliphatic carbocycles. The number of benzene rings is 3. The first-order valence-electron chi connectivity index (χ1n) is 9.75. The summed E-state index contributed by atoms with van der Waals surface area (Å²) in [6, 6.07) is 19.7. The molecule has 30 heavy (non-hydrogen) atoms. The van der Waals surface area contributed by atoms with Crippen LogP contribution in [0.1, 0.15) is 16.7 Å². The summed E-state index contributed by atoms with van der Waals surface area (Å²) in [4.78, 5) is 1.15. The van der Waals surface area contributed by atoms with Gasteiger partial charge in [0, 0.05) is 16.0 Å². The third-order valence-corrected chi connectivity index (χ3v) is 6.04. The molecule has 0 radical (unpaired) electrons. The van der Waals surface area contributed by atoms with Gasteiger partial charge in [-0.3, -0.25) is 0 Å².